The van der Waals surface area contributed by atoms with E-state index in [1.165, 1.54) is 11.3 Å². The van der Waals surface area contributed by atoms with Crippen LogP contribution in [0.2, 0.25) is 0 Å². The number of aromatic nitrogens is 2. The third kappa shape index (κ3) is 2.94. The lowest BCUT2D eigenvalue weighted by molar-refractivity contribution is 0.219. The van der Waals surface area contributed by atoms with Crippen LogP contribution in [-0.2, 0) is 0 Å². The number of nitrogens with zero attached hydrogens (tertiary/aromatic N) is 2. The van der Waals surface area contributed by atoms with Gasteiger partial charge in [-0.15, -0.1) is 11.3 Å². The molecule has 1 atom stereocenters. The van der Waals surface area contributed by atoms with Crippen LogP contribution in [0.4, 0.5) is 0 Å². The summed E-state index contributed by atoms with van der Waals surface area (Å²) in [5.41, 5.74) is 2.61. The molecular formula is C16H14N2O2S. The van der Waals surface area contributed by atoms with Gasteiger partial charge in [0.15, 0.2) is 0 Å². The summed E-state index contributed by atoms with van der Waals surface area (Å²) in [5, 5.41) is 13.1. The van der Waals surface area contributed by atoms with Crippen molar-refractivity contribution in [3.63, 3.8) is 0 Å². The summed E-state index contributed by atoms with van der Waals surface area (Å²) in [4.78, 5) is 8.50. The summed E-state index contributed by atoms with van der Waals surface area (Å²) in [6.45, 7) is 0. The first kappa shape index (κ1) is 13.7. The van der Waals surface area contributed by atoms with Gasteiger partial charge in [-0.05, 0) is 29.8 Å². The molecule has 0 aliphatic carbocycles. The number of aliphatic hydroxyl groups is 1. The molecule has 3 rings (SSSR count). The Morgan fingerprint density at radius 1 is 1.19 bits per heavy atom. The van der Waals surface area contributed by atoms with Crippen LogP contribution >= 0.6 is 11.3 Å². The topological polar surface area (TPSA) is 55.2 Å². The van der Waals surface area contributed by atoms with E-state index in [2.05, 4.69) is 9.97 Å². The van der Waals surface area contributed by atoms with E-state index in [-0.39, 0.29) is 0 Å². The third-order valence-corrected chi connectivity index (χ3v) is 4.04. The minimum absolute atomic E-state index is 0.662. The van der Waals surface area contributed by atoms with Crippen LogP contribution in [0.1, 0.15) is 16.7 Å². The molecule has 0 amide bonds. The number of pyridine rings is 1. The number of ether oxygens (including phenoxy) is 1. The van der Waals surface area contributed by atoms with Crippen LogP contribution in [0.15, 0.2) is 54.2 Å². The zero-order valence-electron chi connectivity index (χ0n) is 11.4. The first-order valence-corrected chi connectivity index (χ1v) is 7.34. The van der Waals surface area contributed by atoms with Gasteiger partial charge in [-0.2, -0.15) is 0 Å². The fourth-order valence-electron chi connectivity index (χ4n) is 2.02. The Bertz CT molecular complexity index is 728. The van der Waals surface area contributed by atoms with Crippen molar-refractivity contribution in [3.05, 3.63) is 64.7 Å². The standard InChI is InChI=1S/C16H14N2O2S/c1-20-13-4-2-3-12(9-13)15(19)16-18-14(10-21-16)11-5-7-17-8-6-11/h2-10,15,19H,1H3. The molecule has 0 spiro atoms. The summed E-state index contributed by atoms with van der Waals surface area (Å²) < 4.78 is 5.18. The molecule has 3 aromatic rings. The molecule has 1 aromatic carbocycles. The molecule has 1 N–H and O–H groups in total. The highest BCUT2D eigenvalue weighted by atomic mass is 32.1. The number of benzene rings is 1. The minimum Gasteiger partial charge on any atom is -0.497 e. The Hall–Kier alpha value is -2.24. The number of aliphatic hydroxyl groups excluding tert-OH is 1. The van der Waals surface area contributed by atoms with Gasteiger partial charge in [-0.1, -0.05) is 12.1 Å². The van der Waals surface area contributed by atoms with Crippen LogP contribution in [0.5, 0.6) is 5.75 Å². The van der Waals surface area contributed by atoms with Crippen molar-refractivity contribution in [1.82, 2.24) is 9.97 Å². The molecule has 5 heteroatoms. The highest BCUT2D eigenvalue weighted by Gasteiger charge is 2.16. The third-order valence-electron chi connectivity index (χ3n) is 3.14. The Kier molecular flexibility index (Phi) is 3.94. The maximum Gasteiger partial charge on any atom is 0.131 e. The molecule has 0 saturated carbocycles. The van der Waals surface area contributed by atoms with Gasteiger partial charge in [0.1, 0.15) is 16.9 Å². The second-order valence-electron chi connectivity index (χ2n) is 4.49. The van der Waals surface area contributed by atoms with E-state index in [0.717, 1.165) is 22.6 Å². The van der Waals surface area contributed by atoms with E-state index in [4.69, 9.17) is 4.74 Å². The molecule has 2 aromatic heterocycles. The molecule has 0 aliphatic heterocycles. The summed E-state index contributed by atoms with van der Waals surface area (Å²) in [5.74, 6) is 0.720. The van der Waals surface area contributed by atoms with E-state index < -0.39 is 6.10 Å². The molecule has 106 valence electrons. The average molecular weight is 298 g/mol. The number of rotatable bonds is 4. The van der Waals surface area contributed by atoms with E-state index in [1.807, 2.05) is 41.8 Å². The van der Waals surface area contributed by atoms with Crippen molar-refractivity contribution < 1.29 is 9.84 Å². The lowest BCUT2D eigenvalue weighted by Crippen LogP contribution is -1.99. The fourth-order valence-corrected chi connectivity index (χ4v) is 2.86. The highest BCUT2D eigenvalue weighted by molar-refractivity contribution is 7.10. The minimum atomic E-state index is -0.749. The summed E-state index contributed by atoms with van der Waals surface area (Å²) in [6.07, 6.45) is 2.71. The molecule has 21 heavy (non-hydrogen) atoms. The SMILES string of the molecule is COc1cccc(C(O)c2nc(-c3ccncc3)cs2)c1. The Labute approximate surface area is 126 Å². The van der Waals surface area contributed by atoms with Crippen LogP contribution in [-0.4, -0.2) is 22.2 Å². The van der Waals surface area contributed by atoms with E-state index in [1.54, 1.807) is 19.5 Å². The molecule has 4 nitrogen and oxygen atoms in total. The fraction of sp³-hybridized carbons (Fsp3) is 0.125. The summed E-state index contributed by atoms with van der Waals surface area (Å²) in [7, 11) is 1.61. The molecule has 0 bridgehead atoms. The van der Waals surface area contributed by atoms with Gasteiger partial charge < -0.3 is 9.84 Å². The number of hydrogen-bond donors (Lipinski definition) is 1. The van der Waals surface area contributed by atoms with Crippen LogP contribution < -0.4 is 4.74 Å². The lowest BCUT2D eigenvalue weighted by atomic mass is 10.1. The molecule has 1 unspecified atom stereocenters. The first-order valence-electron chi connectivity index (χ1n) is 6.46. The molecular weight excluding hydrogens is 284 g/mol. The summed E-state index contributed by atoms with van der Waals surface area (Å²) >= 11 is 1.44. The number of thiazole rings is 1. The molecule has 0 aliphatic rings. The second kappa shape index (κ2) is 6.03. The molecule has 0 radical (unpaired) electrons. The highest BCUT2D eigenvalue weighted by Crippen LogP contribution is 2.30. The average Bonchev–Trinajstić information content (AvgIpc) is 3.05. The van der Waals surface area contributed by atoms with E-state index in [9.17, 15) is 5.11 Å². The van der Waals surface area contributed by atoms with Crippen LogP contribution in [0, 0.1) is 0 Å². The molecule has 2 heterocycles. The zero-order valence-corrected chi connectivity index (χ0v) is 12.2. The van der Waals surface area contributed by atoms with Gasteiger partial charge >= 0.3 is 0 Å². The molecule has 0 saturated heterocycles. The van der Waals surface area contributed by atoms with Gasteiger partial charge in [-0.25, -0.2) is 4.98 Å². The van der Waals surface area contributed by atoms with Gasteiger partial charge in [0.05, 0.1) is 12.8 Å². The van der Waals surface area contributed by atoms with Crippen molar-refractivity contribution in [3.8, 4) is 17.0 Å². The quantitative estimate of drug-likeness (QED) is 0.803. The smallest absolute Gasteiger partial charge is 0.131 e. The van der Waals surface area contributed by atoms with E-state index >= 15 is 0 Å². The largest absolute Gasteiger partial charge is 0.497 e. The first-order chi connectivity index (χ1) is 10.3. The predicted octanol–water partition coefficient (Wildman–Crippen LogP) is 3.30. The maximum atomic E-state index is 10.5. The Morgan fingerprint density at radius 3 is 2.76 bits per heavy atom. The molecule has 0 fully saturated rings. The van der Waals surface area contributed by atoms with Crippen LogP contribution in [0.25, 0.3) is 11.3 Å². The van der Waals surface area contributed by atoms with E-state index in [0.29, 0.717) is 5.01 Å². The van der Waals surface area contributed by atoms with Crippen molar-refractivity contribution in [2.24, 2.45) is 0 Å². The second-order valence-corrected chi connectivity index (χ2v) is 5.38. The van der Waals surface area contributed by atoms with Crippen molar-refractivity contribution in [2.75, 3.05) is 7.11 Å². The van der Waals surface area contributed by atoms with Gasteiger partial charge in [0.2, 0.25) is 0 Å². The van der Waals surface area contributed by atoms with Crippen molar-refractivity contribution in [1.29, 1.82) is 0 Å². The van der Waals surface area contributed by atoms with Gasteiger partial charge in [0.25, 0.3) is 0 Å². The predicted molar refractivity (Wildman–Crippen MR) is 82.4 cm³/mol. The van der Waals surface area contributed by atoms with Crippen LogP contribution in [0.3, 0.4) is 0 Å². The van der Waals surface area contributed by atoms with Gasteiger partial charge in [-0.3, -0.25) is 4.98 Å². The zero-order chi connectivity index (χ0) is 14.7. The van der Waals surface area contributed by atoms with Gasteiger partial charge in [0, 0.05) is 23.3 Å². The van der Waals surface area contributed by atoms with Crippen molar-refractivity contribution in [2.45, 2.75) is 6.10 Å². The van der Waals surface area contributed by atoms with Crippen molar-refractivity contribution >= 4 is 11.3 Å². The monoisotopic (exact) mass is 298 g/mol. The summed E-state index contributed by atoms with van der Waals surface area (Å²) in [6, 6.07) is 11.2. The Balaban J connectivity index is 1.88. The Morgan fingerprint density at radius 2 is 2.00 bits per heavy atom. The lowest BCUT2D eigenvalue weighted by Gasteiger charge is -2.09. The maximum absolute atomic E-state index is 10.5. The normalized spacial score (nSPS) is 12.1. The number of methoxy groups -OCH3 is 1. The number of hydrogen-bond acceptors (Lipinski definition) is 5.